The SMILES string of the molecule is CC(Cc1ccccc1F)C(=O)NCC(C)(C)O. The van der Waals surface area contributed by atoms with Gasteiger partial charge in [-0.1, -0.05) is 25.1 Å². The van der Waals surface area contributed by atoms with Crippen molar-refractivity contribution in [1.82, 2.24) is 5.32 Å². The fraction of sp³-hybridized carbons (Fsp3) is 0.500. The Morgan fingerprint density at radius 2 is 2.06 bits per heavy atom. The summed E-state index contributed by atoms with van der Waals surface area (Å²) in [5.74, 6) is -0.802. The average Bonchev–Trinajstić information content (AvgIpc) is 2.28. The first kappa shape index (κ1) is 14.6. The van der Waals surface area contributed by atoms with Crippen LogP contribution in [0.5, 0.6) is 0 Å². The summed E-state index contributed by atoms with van der Waals surface area (Å²) in [6.45, 7) is 5.17. The van der Waals surface area contributed by atoms with Crippen LogP contribution < -0.4 is 5.32 Å². The minimum atomic E-state index is -0.937. The van der Waals surface area contributed by atoms with Crippen molar-refractivity contribution in [3.63, 3.8) is 0 Å². The van der Waals surface area contributed by atoms with E-state index in [2.05, 4.69) is 5.32 Å². The van der Waals surface area contributed by atoms with Crippen LogP contribution in [0.2, 0.25) is 0 Å². The van der Waals surface area contributed by atoms with Gasteiger partial charge in [-0.25, -0.2) is 4.39 Å². The third-order valence-corrected chi connectivity index (χ3v) is 2.63. The molecule has 0 aliphatic carbocycles. The Bertz CT molecular complexity index is 413. The normalized spacial score (nSPS) is 13.2. The second-order valence-corrected chi connectivity index (χ2v) is 5.23. The zero-order valence-corrected chi connectivity index (χ0v) is 11.0. The number of carbonyl (C=O) groups excluding carboxylic acids is 1. The molecule has 0 heterocycles. The molecular weight excluding hydrogens is 233 g/mol. The summed E-state index contributed by atoms with van der Waals surface area (Å²) in [7, 11) is 0. The highest BCUT2D eigenvalue weighted by atomic mass is 19.1. The Morgan fingerprint density at radius 3 is 2.61 bits per heavy atom. The van der Waals surface area contributed by atoms with Crippen LogP contribution in [-0.2, 0) is 11.2 Å². The molecule has 1 aromatic rings. The number of hydrogen-bond donors (Lipinski definition) is 2. The fourth-order valence-electron chi connectivity index (χ4n) is 1.56. The maximum atomic E-state index is 13.4. The van der Waals surface area contributed by atoms with E-state index in [0.717, 1.165) is 0 Å². The molecule has 0 fully saturated rings. The molecule has 18 heavy (non-hydrogen) atoms. The lowest BCUT2D eigenvalue weighted by atomic mass is 9.99. The summed E-state index contributed by atoms with van der Waals surface area (Å²) in [4.78, 5) is 11.8. The monoisotopic (exact) mass is 253 g/mol. The molecule has 1 rings (SSSR count). The van der Waals surface area contributed by atoms with E-state index in [0.29, 0.717) is 12.0 Å². The maximum Gasteiger partial charge on any atom is 0.223 e. The molecule has 0 saturated heterocycles. The van der Waals surface area contributed by atoms with Crippen LogP contribution in [0.4, 0.5) is 4.39 Å². The zero-order chi connectivity index (χ0) is 13.8. The molecule has 2 N–H and O–H groups in total. The standard InChI is InChI=1S/C14H20FNO2/c1-10(13(17)16-9-14(2,3)18)8-11-6-4-5-7-12(11)15/h4-7,10,18H,8-9H2,1-3H3,(H,16,17). The molecule has 0 saturated carbocycles. The number of rotatable bonds is 5. The van der Waals surface area contributed by atoms with Gasteiger partial charge in [-0.05, 0) is 31.9 Å². The van der Waals surface area contributed by atoms with Crippen LogP contribution in [0.3, 0.4) is 0 Å². The highest BCUT2D eigenvalue weighted by Gasteiger charge is 2.18. The highest BCUT2D eigenvalue weighted by Crippen LogP contribution is 2.12. The summed E-state index contributed by atoms with van der Waals surface area (Å²) in [5.41, 5.74) is -0.406. The number of amides is 1. The van der Waals surface area contributed by atoms with Gasteiger partial charge in [-0.3, -0.25) is 4.79 Å². The number of carbonyl (C=O) groups is 1. The number of aliphatic hydroxyl groups is 1. The predicted molar refractivity (Wildman–Crippen MR) is 68.6 cm³/mol. The van der Waals surface area contributed by atoms with Crippen LogP contribution in [0.1, 0.15) is 26.3 Å². The maximum absolute atomic E-state index is 13.4. The lowest BCUT2D eigenvalue weighted by Gasteiger charge is -2.19. The second kappa shape index (κ2) is 5.96. The Morgan fingerprint density at radius 1 is 1.44 bits per heavy atom. The van der Waals surface area contributed by atoms with Gasteiger partial charge in [0.25, 0.3) is 0 Å². The summed E-state index contributed by atoms with van der Waals surface area (Å²) in [5, 5.41) is 12.2. The molecule has 1 aromatic carbocycles. The van der Waals surface area contributed by atoms with Gasteiger partial charge in [0, 0.05) is 12.5 Å². The molecule has 100 valence electrons. The van der Waals surface area contributed by atoms with Crippen LogP contribution in [-0.4, -0.2) is 23.2 Å². The van der Waals surface area contributed by atoms with E-state index < -0.39 is 5.60 Å². The van der Waals surface area contributed by atoms with Gasteiger partial charge in [0.2, 0.25) is 5.91 Å². The lowest BCUT2D eigenvalue weighted by molar-refractivity contribution is -0.125. The summed E-state index contributed by atoms with van der Waals surface area (Å²) in [6.07, 6.45) is 0.352. The Balaban J connectivity index is 2.53. The van der Waals surface area contributed by atoms with Crippen molar-refractivity contribution in [3.05, 3.63) is 35.6 Å². The summed E-state index contributed by atoms with van der Waals surface area (Å²) < 4.78 is 13.4. The molecule has 0 radical (unpaired) electrons. The first-order valence-electron chi connectivity index (χ1n) is 6.03. The van der Waals surface area contributed by atoms with Crippen molar-refractivity contribution in [1.29, 1.82) is 0 Å². The number of benzene rings is 1. The highest BCUT2D eigenvalue weighted by molar-refractivity contribution is 5.78. The van der Waals surface area contributed by atoms with Crippen molar-refractivity contribution < 1.29 is 14.3 Å². The molecule has 0 spiro atoms. The Hall–Kier alpha value is -1.42. The van der Waals surface area contributed by atoms with Gasteiger partial charge < -0.3 is 10.4 Å². The zero-order valence-electron chi connectivity index (χ0n) is 11.0. The van der Waals surface area contributed by atoms with Crippen molar-refractivity contribution in [2.75, 3.05) is 6.54 Å². The molecule has 1 atom stereocenters. The van der Waals surface area contributed by atoms with E-state index in [9.17, 15) is 14.3 Å². The van der Waals surface area contributed by atoms with Crippen LogP contribution in [0.15, 0.2) is 24.3 Å². The van der Waals surface area contributed by atoms with Crippen molar-refractivity contribution in [2.45, 2.75) is 32.8 Å². The van der Waals surface area contributed by atoms with Gasteiger partial charge in [0.1, 0.15) is 5.82 Å². The van der Waals surface area contributed by atoms with Crippen LogP contribution >= 0.6 is 0 Å². The van der Waals surface area contributed by atoms with E-state index in [-0.39, 0.29) is 24.2 Å². The van der Waals surface area contributed by atoms with Crippen molar-refractivity contribution >= 4 is 5.91 Å². The summed E-state index contributed by atoms with van der Waals surface area (Å²) in [6, 6.07) is 6.43. The lowest BCUT2D eigenvalue weighted by Crippen LogP contribution is -2.40. The molecule has 0 bridgehead atoms. The molecule has 0 aliphatic heterocycles. The minimum absolute atomic E-state index is 0.180. The van der Waals surface area contributed by atoms with E-state index in [1.54, 1.807) is 39.0 Å². The molecule has 1 unspecified atom stereocenters. The third-order valence-electron chi connectivity index (χ3n) is 2.63. The minimum Gasteiger partial charge on any atom is -0.389 e. The number of halogens is 1. The predicted octanol–water partition coefficient (Wildman–Crippen LogP) is 1.89. The van der Waals surface area contributed by atoms with Gasteiger partial charge >= 0.3 is 0 Å². The van der Waals surface area contributed by atoms with Gasteiger partial charge in [-0.15, -0.1) is 0 Å². The van der Waals surface area contributed by atoms with E-state index >= 15 is 0 Å². The van der Waals surface area contributed by atoms with Gasteiger partial charge in [0.05, 0.1) is 5.60 Å². The van der Waals surface area contributed by atoms with E-state index in [1.807, 2.05) is 0 Å². The number of nitrogens with one attached hydrogen (secondary N) is 1. The Kier molecular flexibility index (Phi) is 4.84. The molecule has 3 nitrogen and oxygen atoms in total. The molecular formula is C14H20FNO2. The smallest absolute Gasteiger partial charge is 0.223 e. The average molecular weight is 253 g/mol. The second-order valence-electron chi connectivity index (χ2n) is 5.23. The van der Waals surface area contributed by atoms with Crippen molar-refractivity contribution in [2.24, 2.45) is 5.92 Å². The molecule has 1 amide bonds. The first-order chi connectivity index (χ1) is 8.29. The fourth-order valence-corrected chi connectivity index (χ4v) is 1.56. The molecule has 0 aliphatic rings. The first-order valence-corrected chi connectivity index (χ1v) is 6.03. The molecule has 0 aromatic heterocycles. The number of hydrogen-bond acceptors (Lipinski definition) is 2. The quantitative estimate of drug-likeness (QED) is 0.842. The summed E-state index contributed by atoms with van der Waals surface area (Å²) >= 11 is 0. The van der Waals surface area contributed by atoms with E-state index in [4.69, 9.17) is 0 Å². The van der Waals surface area contributed by atoms with Gasteiger partial charge in [0.15, 0.2) is 0 Å². The van der Waals surface area contributed by atoms with E-state index in [1.165, 1.54) is 6.07 Å². The van der Waals surface area contributed by atoms with Crippen LogP contribution in [0.25, 0.3) is 0 Å². The Labute approximate surface area is 107 Å². The van der Waals surface area contributed by atoms with Crippen LogP contribution in [0, 0.1) is 11.7 Å². The molecule has 4 heteroatoms. The largest absolute Gasteiger partial charge is 0.389 e. The third kappa shape index (κ3) is 4.84. The van der Waals surface area contributed by atoms with Crippen molar-refractivity contribution in [3.8, 4) is 0 Å². The van der Waals surface area contributed by atoms with Gasteiger partial charge in [-0.2, -0.15) is 0 Å². The topological polar surface area (TPSA) is 49.3 Å².